The predicted molar refractivity (Wildman–Crippen MR) is 54.6 cm³/mol. The molecule has 0 aliphatic carbocycles. The molecule has 0 aromatic rings. The van der Waals surface area contributed by atoms with Crippen LogP contribution in [0.4, 0.5) is 0 Å². The summed E-state index contributed by atoms with van der Waals surface area (Å²) in [6.07, 6.45) is 2.72. The van der Waals surface area contributed by atoms with Crippen molar-refractivity contribution in [2.45, 2.75) is 25.9 Å². The summed E-state index contributed by atoms with van der Waals surface area (Å²) in [5, 5.41) is 0. The largest absolute Gasteiger partial charge is 1.00 e. The Morgan fingerprint density at radius 2 is 1.94 bits per heavy atom. The first kappa shape index (κ1) is 21.6. The molecule has 0 saturated heterocycles. The minimum Gasteiger partial charge on any atom is -0.460 e. The first-order chi connectivity index (χ1) is 6.70. The van der Waals surface area contributed by atoms with Gasteiger partial charge in [0.2, 0.25) is 0 Å². The monoisotopic (exact) mass is 262 g/mol. The van der Waals surface area contributed by atoms with E-state index in [0.29, 0.717) is 0 Å². The van der Waals surface area contributed by atoms with E-state index in [0.717, 1.165) is 12.8 Å². The molecule has 0 fully saturated rings. The second-order valence-corrected chi connectivity index (χ2v) is 3.63. The zero-order valence-corrected chi connectivity index (χ0v) is 12.4. The first-order valence-corrected chi connectivity index (χ1v) is 5.67. The molecule has 0 heterocycles. The van der Waals surface area contributed by atoms with E-state index in [1.165, 1.54) is 6.08 Å². The number of hydrogen-bond acceptors (Lipinski definition) is 3. The topological polar surface area (TPSA) is 104 Å². The van der Waals surface area contributed by atoms with Crippen molar-refractivity contribution in [3.63, 3.8) is 0 Å². The number of carbonyl (C=O) groups is 1. The van der Waals surface area contributed by atoms with Crippen LogP contribution in [0, 0.1) is 6.92 Å². The van der Waals surface area contributed by atoms with E-state index in [9.17, 15) is 4.79 Å². The summed E-state index contributed by atoms with van der Waals surface area (Å²) in [5.74, 6) is -0.360. The molecule has 6 nitrogen and oxygen atoms in total. The summed E-state index contributed by atoms with van der Waals surface area (Å²) in [7, 11) is -4.64. The second kappa shape index (κ2) is 11.8. The number of esters is 1. The van der Waals surface area contributed by atoms with Crippen molar-refractivity contribution in [1.29, 1.82) is 0 Å². The van der Waals surface area contributed by atoms with Gasteiger partial charge in [-0.3, -0.25) is 0 Å². The molecule has 0 spiro atoms. The summed E-state index contributed by atoms with van der Waals surface area (Å²) in [4.78, 5) is 32.1. The van der Waals surface area contributed by atoms with Gasteiger partial charge in [0.15, 0.2) is 0 Å². The van der Waals surface area contributed by atoms with Crippen molar-refractivity contribution in [1.82, 2.24) is 0 Å². The number of hydrogen-bond donors (Lipinski definition) is 3. The molecule has 1 atom stereocenters. The van der Waals surface area contributed by atoms with Crippen LogP contribution in [0.3, 0.4) is 0 Å². The molecule has 3 N–H and O–H groups in total. The van der Waals surface area contributed by atoms with Crippen molar-refractivity contribution < 1.29 is 58.3 Å². The van der Waals surface area contributed by atoms with Crippen LogP contribution in [-0.4, -0.2) is 26.8 Å². The normalized spacial score (nSPS) is 11.3. The van der Waals surface area contributed by atoms with Crippen molar-refractivity contribution >= 4 is 13.8 Å². The summed E-state index contributed by atoms with van der Waals surface area (Å²) in [5.41, 5.74) is 0. The summed E-state index contributed by atoms with van der Waals surface area (Å²) >= 11 is 0. The minimum atomic E-state index is -4.64. The van der Waals surface area contributed by atoms with Gasteiger partial charge in [-0.1, -0.05) is 6.58 Å². The molecule has 0 bridgehead atoms. The van der Waals surface area contributed by atoms with Gasteiger partial charge in [-0.25, -0.2) is 9.36 Å². The molecule has 0 amide bonds. The maximum Gasteiger partial charge on any atom is 1.00 e. The molecular formula is C8H16NaO6P. The van der Waals surface area contributed by atoms with E-state index in [4.69, 9.17) is 24.0 Å². The molecule has 0 aliphatic heterocycles. The van der Waals surface area contributed by atoms with Gasteiger partial charge in [-0.15, -0.1) is 0 Å². The minimum absolute atomic E-state index is 0. The molecule has 0 aromatic heterocycles. The van der Waals surface area contributed by atoms with E-state index in [1.807, 2.05) is 6.92 Å². The Hall–Kier alpha value is 0.320. The van der Waals surface area contributed by atoms with Crippen molar-refractivity contribution in [3.8, 4) is 0 Å². The predicted octanol–water partition coefficient (Wildman–Crippen LogP) is -2.21. The molecule has 0 saturated carbocycles. The van der Waals surface area contributed by atoms with E-state index >= 15 is 0 Å². The SMILES string of the molecule is C=CC(=O)OC(C)CC[CH2-].O=P(O)(O)O.[Na+]. The van der Waals surface area contributed by atoms with Crippen LogP contribution in [-0.2, 0) is 14.1 Å². The quantitative estimate of drug-likeness (QED) is 0.174. The number of ether oxygens (including phenoxy) is 1. The summed E-state index contributed by atoms with van der Waals surface area (Å²) < 4.78 is 13.7. The number of phosphoric acid groups is 1. The van der Waals surface area contributed by atoms with Crippen LogP contribution < -0.4 is 29.6 Å². The van der Waals surface area contributed by atoms with Gasteiger partial charge in [-0.2, -0.15) is 6.42 Å². The number of carbonyl (C=O) groups excluding carboxylic acids is 1. The van der Waals surface area contributed by atoms with Crippen LogP contribution in [0.1, 0.15) is 19.8 Å². The van der Waals surface area contributed by atoms with Gasteiger partial charge in [0, 0.05) is 6.08 Å². The van der Waals surface area contributed by atoms with Crippen molar-refractivity contribution in [2.75, 3.05) is 0 Å². The molecule has 0 aromatic carbocycles. The van der Waals surface area contributed by atoms with Crippen LogP contribution in [0.5, 0.6) is 0 Å². The zero-order valence-electron chi connectivity index (χ0n) is 9.50. The second-order valence-electron chi connectivity index (χ2n) is 2.61. The van der Waals surface area contributed by atoms with Gasteiger partial charge in [-0.05, 0) is 13.3 Å². The average Bonchev–Trinajstić information content (AvgIpc) is 2.01. The Kier molecular flexibility index (Phi) is 15.9. The Balaban J connectivity index is -0.000000242. The fraction of sp³-hybridized carbons (Fsp3) is 0.500. The smallest absolute Gasteiger partial charge is 0.460 e. The molecule has 0 rings (SSSR count). The fourth-order valence-corrected chi connectivity index (χ4v) is 0.593. The van der Waals surface area contributed by atoms with Crippen LogP contribution in [0.25, 0.3) is 0 Å². The average molecular weight is 262 g/mol. The van der Waals surface area contributed by atoms with Gasteiger partial charge in [0.25, 0.3) is 0 Å². The van der Waals surface area contributed by atoms with E-state index in [-0.39, 0.29) is 41.6 Å². The van der Waals surface area contributed by atoms with Crippen LogP contribution in [0.2, 0.25) is 0 Å². The van der Waals surface area contributed by atoms with E-state index in [1.54, 1.807) is 0 Å². The van der Waals surface area contributed by atoms with Gasteiger partial charge in [0.1, 0.15) is 0 Å². The molecule has 90 valence electrons. The maximum atomic E-state index is 10.5. The van der Waals surface area contributed by atoms with E-state index in [2.05, 4.69) is 13.5 Å². The third kappa shape index (κ3) is 29.2. The molecular weight excluding hydrogens is 246 g/mol. The Morgan fingerprint density at radius 3 is 2.19 bits per heavy atom. The van der Waals surface area contributed by atoms with Crippen LogP contribution >= 0.6 is 7.82 Å². The van der Waals surface area contributed by atoms with Gasteiger partial charge < -0.3 is 26.3 Å². The van der Waals surface area contributed by atoms with Gasteiger partial charge in [0.05, 0.1) is 6.10 Å². The molecule has 1 unspecified atom stereocenters. The Bertz CT molecular complexity index is 230. The molecule has 0 radical (unpaired) electrons. The first-order valence-electron chi connectivity index (χ1n) is 4.11. The molecule has 16 heavy (non-hydrogen) atoms. The summed E-state index contributed by atoms with van der Waals surface area (Å²) in [6.45, 7) is 8.77. The number of rotatable bonds is 4. The van der Waals surface area contributed by atoms with Gasteiger partial charge >= 0.3 is 43.3 Å². The zero-order chi connectivity index (χ0) is 12.5. The third-order valence-electron chi connectivity index (χ3n) is 1.09. The van der Waals surface area contributed by atoms with Crippen LogP contribution in [0.15, 0.2) is 12.7 Å². The standard InChI is InChI=1S/C8H13O2.Na.H3O4P/c1-4-6-7(3)10-8(9)5-2;;1-5(2,3)4/h5,7H,1-2,4,6H2,3H3;;(H3,1,2,3,4)/q-1;+1;. The maximum absolute atomic E-state index is 10.5. The fourth-order valence-electron chi connectivity index (χ4n) is 0.593. The van der Waals surface area contributed by atoms with Crippen molar-refractivity contribution in [2.24, 2.45) is 0 Å². The Morgan fingerprint density at radius 1 is 1.56 bits per heavy atom. The van der Waals surface area contributed by atoms with Crippen molar-refractivity contribution in [3.05, 3.63) is 19.6 Å². The Labute approximate surface area is 117 Å². The van der Waals surface area contributed by atoms with E-state index < -0.39 is 7.82 Å². The molecule has 0 aliphatic rings. The third-order valence-corrected chi connectivity index (χ3v) is 1.09. The summed E-state index contributed by atoms with van der Waals surface area (Å²) in [6, 6.07) is 0. The molecule has 8 heteroatoms.